The topological polar surface area (TPSA) is 43.8 Å². The van der Waals surface area contributed by atoms with Gasteiger partial charge in [-0.25, -0.2) is 4.39 Å². The zero-order valence-electron chi connectivity index (χ0n) is 12.0. The summed E-state index contributed by atoms with van der Waals surface area (Å²) in [7, 11) is 0. The Labute approximate surface area is 137 Å². The van der Waals surface area contributed by atoms with Crippen molar-refractivity contribution in [1.29, 1.82) is 0 Å². The largest absolute Gasteiger partial charge is 0.324 e. The molecule has 0 aliphatic rings. The highest BCUT2D eigenvalue weighted by Crippen LogP contribution is 2.29. The number of aromatic nitrogens is 2. The second-order valence-corrected chi connectivity index (χ2v) is 6.03. The van der Waals surface area contributed by atoms with E-state index in [1.165, 1.54) is 6.07 Å². The van der Waals surface area contributed by atoms with Crippen molar-refractivity contribution in [3.05, 3.63) is 50.5 Å². The summed E-state index contributed by atoms with van der Waals surface area (Å²) >= 11 is 9.40. The van der Waals surface area contributed by atoms with Crippen LogP contribution in [0.15, 0.2) is 22.7 Å². The number of nitrogens with zero attached hydrogens (tertiary/aromatic N) is 2. The Bertz CT molecular complexity index is 642. The lowest BCUT2D eigenvalue weighted by atomic mass is 10.0. The molecule has 0 bridgehead atoms. The number of benzene rings is 1. The van der Waals surface area contributed by atoms with Crippen LogP contribution < -0.4 is 5.73 Å². The van der Waals surface area contributed by atoms with Gasteiger partial charge in [-0.05, 0) is 35.3 Å². The lowest BCUT2D eigenvalue weighted by molar-refractivity contribution is 0.554. The minimum atomic E-state index is -0.466. The second-order valence-electron chi connectivity index (χ2n) is 4.83. The fourth-order valence-electron chi connectivity index (χ4n) is 2.34. The molecule has 0 aliphatic carbocycles. The summed E-state index contributed by atoms with van der Waals surface area (Å²) in [5.41, 5.74) is 8.59. The highest BCUT2D eigenvalue weighted by molar-refractivity contribution is 9.10. The van der Waals surface area contributed by atoms with E-state index >= 15 is 0 Å². The van der Waals surface area contributed by atoms with E-state index in [9.17, 15) is 4.39 Å². The molecule has 2 rings (SSSR count). The molecule has 3 nitrogen and oxygen atoms in total. The van der Waals surface area contributed by atoms with Crippen LogP contribution in [0.2, 0.25) is 5.02 Å². The summed E-state index contributed by atoms with van der Waals surface area (Å²) in [6, 6.07) is 4.44. The smallest absolute Gasteiger partial charge is 0.146 e. The number of rotatable bonds is 5. The maximum Gasteiger partial charge on any atom is 0.146 e. The molecule has 1 heterocycles. The second kappa shape index (κ2) is 6.90. The molecule has 0 amide bonds. The van der Waals surface area contributed by atoms with Crippen LogP contribution in [0, 0.1) is 5.82 Å². The molecule has 1 unspecified atom stereocenters. The van der Waals surface area contributed by atoms with E-state index < -0.39 is 11.9 Å². The van der Waals surface area contributed by atoms with Crippen LogP contribution in [0.5, 0.6) is 0 Å². The van der Waals surface area contributed by atoms with Gasteiger partial charge in [-0.1, -0.05) is 30.7 Å². The van der Waals surface area contributed by atoms with Gasteiger partial charge >= 0.3 is 0 Å². The summed E-state index contributed by atoms with van der Waals surface area (Å²) in [6.07, 6.45) is 1.33. The molecular formula is C15H18BrClFN3. The SMILES string of the molecule is CCc1nn(CC)c(CC(N)c2cccc(Cl)c2F)c1Br. The quantitative estimate of drug-likeness (QED) is 0.849. The molecule has 0 aliphatic heterocycles. The molecule has 1 aromatic heterocycles. The Morgan fingerprint density at radius 2 is 2.14 bits per heavy atom. The molecule has 2 aromatic rings. The van der Waals surface area contributed by atoms with E-state index in [2.05, 4.69) is 21.0 Å². The van der Waals surface area contributed by atoms with E-state index in [-0.39, 0.29) is 5.02 Å². The first-order valence-corrected chi connectivity index (χ1v) is 8.10. The van der Waals surface area contributed by atoms with Crippen LogP contribution in [0.1, 0.15) is 36.8 Å². The van der Waals surface area contributed by atoms with Gasteiger partial charge in [0.05, 0.1) is 20.9 Å². The van der Waals surface area contributed by atoms with Crippen LogP contribution in [0.25, 0.3) is 0 Å². The van der Waals surface area contributed by atoms with Gasteiger partial charge in [0.25, 0.3) is 0 Å². The fourth-order valence-corrected chi connectivity index (χ4v) is 3.25. The van der Waals surface area contributed by atoms with E-state index in [1.807, 2.05) is 18.5 Å². The Balaban J connectivity index is 2.33. The molecule has 2 N–H and O–H groups in total. The van der Waals surface area contributed by atoms with Crippen molar-refractivity contribution < 1.29 is 4.39 Å². The summed E-state index contributed by atoms with van der Waals surface area (Å²) < 4.78 is 16.9. The van der Waals surface area contributed by atoms with Gasteiger partial charge in [0.2, 0.25) is 0 Å². The zero-order valence-corrected chi connectivity index (χ0v) is 14.4. The normalized spacial score (nSPS) is 12.7. The van der Waals surface area contributed by atoms with Gasteiger partial charge in [-0.3, -0.25) is 4.68 Å². The van der Waals surface area contributed by atoms with E-state index in [0.717, 1.165) is 28.8 Å². The minimum Gasteiger partial charge on any atom is -0.324 e. The van der Waals surface area contributed by atoms with Gasteiger partial charge in [0, 0.05) is 24.6 Å². The Morgan fingerprint density at radius 3 is 2.76 bits per heavy atom. The molecule has 114 valence electrons. The van der Waals surface area contributed by atoms with Crippen molar-refractivity contribution >= 4 is 27.5 Å². The standard InChI is InChI=1S/C15H18BrClFN3/c1-3-12-14(16)13(21(4-2)20-12)8-11(19)9-6-5-7-10(17)15(9)18/h5-7,11H,3-4,8,19H2,1-2H3. The fraction of sp³-hybridized carbons (Fsp3) is 0.400. The summed E-state index contributed by atoms with van der Waals surface area (Å²) in [5.74, 6) is -0.443. The van der Waals surface area contributed by atoms with Crippen LogP contribution in [-0.2, 0) is 19.4 Å². The Hall–Kier alpha value is -0.910. The van der Waals surface area contributed by atoms with Crippen molar-refractivity contribution in [2.45, 2.75) is 39.3 Å². The third-order valence-electron chi connectivity index (χ3n) is 3.49. The molecule has 0 spiro atoms. The highest BCUT2D eigenvalue weighted by Gasteiger charge is 2.20. The van der Waals surface area contributed by atoms with Crippen molar-refractivity contribution in [2.24, 2.45) is 5.73 Å². The molecule has 0 saturated heterocycles. The molecule has 1 aromatic carbocycles. The molecule has 0 radical (unpaired) electrons. The lowest BCUT2D eigenvalue weighted by Gasteiger charge is -2.15. The number of nitrogens with two attached hydrogens (primary N) is 1. The third-order valence-corrected chi connectivity index (χ3v) is 4.70. The predicted octanol–water partition coefficient (Wildman–Crippen LogP) is 4.26. The van der Waals surface area contributed by atoms with Gasteiger partial charge < -0.3 is 5.73 Å². The monoisotopic (exact) mass is 373 g/mol. The molecule has 6 heteroatoms. The van der Waals surface area contributed by atoms with Crippen molar-refractivity contribution in [1.82, 2.24) is 9.78 Å². The lowest BCUT2D eigenvalue weighted by Crippen LogP contribution is -2.18. The average molecular weight is 375 g/mol. The van der Waals surface area contributed by atoms with Crippen LogP contribution in [0.4, 0.5) is 4.39 Å². The van der Waals surface area contributed by atoms with Gasteiger partial charge in [0.15, 0.2) is 0 Å². The molecular weight excluding hydrogens is 357 g/mol. The first kappa shape index (κ1) is 16.5. The summed E-state index contributed by atoms with van der Waals surface area (Å²) in [4.78, 5) is 0. The van der Waals surface area contributed by atoms with Crippen molar-refractivity contribution in [2.75, 3.05) is 0 Å². The molecule has 21 heavy (non-hydrogen) atoms. The van der Waals surface area contributed by atoms with E-state index in [0.29, 0.717) is 12.0 Å². The molecule has 0 saturated carbocycles. The van der Waals surface area contributed by atoms with Crippen LogP contribution in [0.3, 0.4) is 0 Å². The van der Waals surface area contributed by atoms with Crippen molar-refractivity contribution in [3.63, 3.8) is 0 Å². The number of halogens is 3. The van der Waals surface area contributed by atoms with E-state index in [4.69, 9.17) is 17.3 Å². The van der Waals surface area contributed by atoms with Gasteiger partial charge in [-0.2, -0.15) is 5.10 Å². The van der Waals surface area contributed by atoms with Crippen LogP contribution in [-0.4, -0.2) is 9.78 Å². The molecule has 1 atom stereocenters. The number of aryl methyl sites for hydroxylation is 2. The van der Waals surface area contributed by atoms with Gasteiger partial charge in [0.1, 0.15) is 5.82 Å². The van der Waals surface area contributed by atoms with Gasteiger partial charge in [-0.15, -0.1) is 0 Å². The first-order chi connectivity index (χ1) is 9.99. The third kappa shape index (κ3) is 3.30. The Kier molecular flexibility index (Phi) is 5.41. The number of hydrogen-bond acceptors (Lipinski definition) is 2. The maximum atomic E-state index is 14.1. The van der Waals surface area contributed by atoms with Crippen molar-refractivity contribution in [3.8, 4) is 0 Å². The first-order valence-electron chi connectivity index (χ1n) is 6.93. The zero-order chi connectivity index (χ0) is 15.6. The van der Waals surface area contributed by atoms with Crippen LogP contribution >= 0.6 is 27.5 Å². The summed E-state index contributed by atoms with van der Waals surface area (Å²) in [6.45, 7) is 4.82. The predicted molar refractivity (Wildman–Crippen MR) is 87.0 cm³/mol. The maximum absolute atomic E-state index is 14.1. The van der Waals surface area contributed by atoms with E-state index in [1.54, 1.807) is 12.1 Å². The minimum absolute atomic E-state index is 0.0975. The number of hydrogen-bond donors (Lipinski definition) is 1. The summed E-state index contributed by atoms with van der Waals surface area (Å²) in [5, 5.41) is 4.63. The molecule has 0 fully saturated rings. The average Bonchev–Trinajstić information content (AvgIpc) is 2.78. The highest BCUT2D eigenvalue weighted by atomic mass is 79.9. The Morgan fingerprint density at radius 1 is 1.43 bits per heavy atom.